The lowest BCUT2D eigenvalue weighted by molar-refractivity contribution is 0.187. The molecular formula is C11H18BrN3OS. The van der Waals surface area contributed by atoms with E-state index in [2.05, 4.69) is 19.8 Å². The van der Waals surface area contributed by atoms with Crippen LogP contribution in [0.25, 0.3) is 0 Å². The minimum Gasteiger partial charge on any atom is -0.386 e. The number of rotatable bonds is 4. The van der Waals surface area contributed by atoms with E-state index in [1.807, 2.05) is 38.1 Å². The van der Waals surface area contributed by atoms with Gasteiger partial charge in [0.05, 0.1) is 12.6 Å². The van der Waals surface area contributed by atoms with Crippen LogP contribution in [0.3, 0.4) is 0 Å². The van der Waals surface area contributed by atoms with E-state index < -0.39 is 6.10 Å². The fourth-order valence-corrected chi connectivity index (χ4v) is 1.93. The second kappa shape index (κ2) is 9.32. The van der Waals surface area contributed by atoms with Gasteiger partial charge in [-0.1, -0.05) is 26.0 Å². The molecule has 0 unspecified atom stereocenters. The van der Waals surface area contributed by atoms with Crippen molar-refractivity contribution in [1.29, 1.82) is 0 Å². The van der Waals surface area contributed by atoms with E-state index in [-0.39, 0.29) is 12.5 Å². The summed E-state index contributed by atoms with van der Waals surface area (Å²) >= 11 is 3.27. The molecule has 0 saturated heterocycles. The normalized spacial score (nSPS) is 11.1. The third kappa shape index (κ3) is 6.55. The standard InChI is InChI=1S/C9H12BrN3OS.C2H6/c10-15-7-3-1-6(2-4-7)8(14)5-13-9(11)12;1-2/h1-4,8,14H,5H2,(H4,11,12,13);1-2H3/t8-;/m0./s1. The Morgan fingerprint density at radius 3 is 2.29 bits per heavy atom. The molecule has 0 saturated carbocycles. The van der Waals surface area contributed by atoms with Crippen LogP contribution in [0.2, 0.25) is 0 Å². The molecule has 4 nitrogen and oxygen atoms in total. The third-order valence-electron chi connectivity index (χ3n) is 1.80. The Balaban J connectivity index is 0.00000121. The van der Waals surface area contributed by atoms with E-state index in [1.54, 1.807) is 0 Å². The molecule has 1 aromatic carbocycles. The Morgan fingerprint density at radius 2 is 1.88 bits per heavy atom. The van der Waals surface area contributed by atoms with Crippen molar-refractivity contribution in [3.63, 3.8) is 0 Å². The van der Waals surface area contributed by atoms with Gasteiger partial charge in [0.15, 0.2) is 5.96 Å². The molecule has 5 N–H and O–H groups in total. The molecule has 6 heteroatoms. The molecule has 0 aliphatic carbocycles. The highest BCUT2D eigenvalue weighted by molar-refractivity contribution is 9.50. The van der Waals surface area contributed by atoms with Crippen molar-refractivity contribution < 1.29 is 5.11 Å². The molecule has 1 atom stereocenters. The average molecular weight is 320 g/mol. The summed E-state index contributed by atoms with van der Waals surface area (Å²) < 4.78 is 0. The van der Waals surface area contributed by atoms with Crippen LogP contribution in [-0.2, 0) is 0 Å². The summed E-state index contributed by atoms with van der Waals surface area (Å²) in [4.78, 5) is 4.83. The summed E-state index contributed by atoms with van der Waals surface area (Å²) in [5, 5.41) is 9.70. The first-order valence-electron chi connectivity index (χ1n) is 5.25. The summed E-state index contributed by atoms with van der Waals surface area (Å²) in [6.45, 7) is 4.18. The highest BCUT2D eigenvalue weighted by atomic mass is 79.9. The fourth-order valence-electron chi connectivity index (χ4n) is 1.04. The van der Waals surface area contributed by atoms with Gasteiger partial charge >= 0.3 is 0 Å². The van der Waals surface area contributed by atoms with Crippen LogP contribution in [0, 0.1) is 0 Å². The Hall–Kier alpha value is -0.720. The molecule has 0 heterocycles. The molecule has 96 valence electrons. The molecule has 17 heavy (non-hydrogen) atoms. The van der Waals surface area contributed by atoms with Crippen LogP contribution < -0.4 is 11.5 Å². The molecule has 0 aliphatic heterocycles. The zero-order chi connectivity index (χ0) is 13.3. The van der Waals surface area contributed by atoms with Gasteiger partial charge < -0.3 is 16.6 Å². The van der Waals surface area contributed by atoms with Crippen LogP contribution in [0.1, 0.15) is 25.5 Å². The first kappa shape index (κ1) is 16.3. The maximum atomic E-state index is 9.70. The maximum Gasteiger partial charge on any atom is 0.186 e. The summed E-state index contributed by atoms with van der Waals surface area (Å²) in [7, 11) is 1.47. The second-order valence-electron chi connectivity index (χ2n) is 2.93. The number of guanidine groups is 1. The summed E-state index contributed by atoms with van der Waals surface area (Å²) in [6, 6.07) is 7.51. The highest BCUT2D eigenvalue weighted by Crippen LogP contribution is 2.25. The zero-order valence-electron chi connectivity index (χ0n) is 9.93. The number of benzene rings is 1. The van der Waals surface area contributed by atoms with E-state index in [9.17, 15) is 5.11 Å². The Kier molecular flexibility index (Phi) is 8.93. The number of aliphatic hydroxyl groups is 1. The Bertz CT molecular complexity index is 339. The van der Waals surface area contributed by atoms with Crippen LogP contribution in [0.15, 0.2) is 34.2 Å². The lowest BCUT2D eigenvalue weighted by Gasteiger charge is -2.08. The van der Waals surface area contributed by atoms with E-state index in [0.717, 1.165) is 10.5 Å². The first-order valence-corrected chi connectivity index (χ1v) is 7.91. The van der Waals surface area contributed by atoms with Gasteiger partial charge in [-0.05, 0) is 42.7 Å². The predicted octanol–water partition coefficient (Wildman–Crippen LogP) is 2.42. The smallest absolute Gasteiger partial charge is 0.186 e. The van der Waals surface area contributed by atoms with Crippen molar-refractivity contribution in [3.8, 4) is 0 Å². The molecule has 0 aliphatic rings. The maximum absolute atomic E-state index is 9.70. The molecular weight excluding hydrogens is 302 g/mol. The van der Waals surface area contributed by atoms with E-state index in [0.29, 0.717) is 0 Å². The minimum absolute atomic E-state index is 0.0123. The number of aliphatic imine (C=N–C) groups is 1. The van der Waals surface area contributed by atoms with Crippen LogP contribution in [-0.4, -0.2) is 17.6 Å². The SMILES string of the molecule is CC.NC(N)=NC[C@H](O)c1ccc(SBr)cc1. The quantitative estimate of drug-likeness (QED) is 0.587. The summed E-state index contributed by atoms with van der Waals surface area (Å²) in [5.74, 6) is -0.0123. The largest absolute Gasteiger partial charge is 0.386 e. The minimum atomic E-state index is -0.665. The van der Waals surface area contributed by atoms with E-state index in [4.69, 9.17) is 11.5 Å². The summed E-state index contributed by atoms with van der Waals surface area (Å²) in [5.41, 5.74) is 11.1. The monoisotopic (exact) mass is 319 g/mol. The van der Waals surface area contributed by atoms with Crippen LogP contribution >= 0.6 is 25.0 Å². The molecule has 0 bridgehead atoms. The van der Waals surface area contributed by atoms with Gasteiger partial charge in [-0.3, -0.25) is 4.99 Å². The molecule has 1 aromatic rings. The van der Waals surface area contributed by atoms with Crippen molar-refractivity contribution in [1.82, 2.24) is 0 Å². The number of hydrogen-bond acceptors (Lipinski definition) is 3. The topological polar surface area (TPSA) is 84.6 Å². The van der Waals surface area contributed by atoms with Gasteiger partial charge in [0.1, 0.15) is 0 Å². The lowest BCUT2D eigenvalue weighted by Crippen LogP contribution is -2.23. The highest BCUT2D eigenvalue weighted by Gasteiger charge is 2.06. The molecule has 0 amide bonds. The summed E-state index contributed by atoms with van der Waals surface area (Å²) in [6.07, 6.45) is -0.665. The lowest BCUT2D eigenvalue weighted by atomic mass is 10.1. The van der Waals surface area contributed by atoms with Crippen LogP contribution in [0.4, 0.5) is 0 Å². The third-order valence-corrected chi connectivity index (χ3v) is 3.37. The van der Waals surface area contributed by atoms with Crippen LogP contribution in [0.5, 0.6) is 0 Å². The van der Waals surface area contributed by atoms with E-state index >= 15 is 0 Å². The zero-order valence-corrected chi connectivity index (χ0v) is 12.3. The second-order valence-corrected chi connectivity index (χ2v) is 4.52. The average Bonchev–Trinajstić information content (AvgIpc) is 2.38. The molecule has 0 radical (unpaired) electrons. The van der Waals surface area contributed by atoms with Gasteiger partial charge in [0.25, 0.3) is 0 Å². The number of nitrogens with zero attached hydrogens (tertiary/aromatic N) is 1. The molecule has 0 fully saturated rings. The number of nitrogens with two attached hydrogens (primary N) is 2. The molecule has 0 spiro atoms. The Morgan fingerprint density at radius 1 is 1.35 bits per heavy atom. The van der Waals surface area contributed by atoms with Gasteiger partial charge in [0.2, 0.25) is 0 Å². The molecule has 0 aromatic heterocycles. The predicted molar refractivity (Wildman–Crippen MR) is 78.2 cm³/mol. The van der Waals surface area contributed by atoms with Gasteiger partial charge in [0, 0.05) is 4.90 Å². The number of hydrogen-bond donors (Lipinski definition) is 3. The van der Waals surface area contributed by atoms with Gasteiger partial charge in [-0.15, -0.1) is 0 Å². The van der Waals surface area contributed by atoms with Crippen molar-refractivity contribution in [2.75, 3.05) is 6.54 Å². The number of halogens is 1. The van der Waals surface area contributed by atoms with Crippen molar-refractivity contribution >= 4 is 31.0 Å². The van der Waals surface area contributed by atoms with Crippen molar-refractivity contribution in [2.24, 2.45) is 16.5 Å². The van der Waals surface area contributed by atoms with Gasteiger partial charge in [-0.2, -0.15) is 0 Å². The van der Waals surface area contributed by atoms with Crippen molar-refractivity contribution in [3.05, 3.63) is 29.8 Å². The fraction of sp³-hybridized carbons (Fsp3) is 0.364. The van der Waals surface area contributed by atoms with E-state index in [1.165, 1.54) is 10.2 Å². The van der Waals surface area contributed by atoms with Crippen molar-refractivity contribution in [2.45, 2.75) is 24.8 Å². The molecule has 1 rings (SSSR count). The first-order chi connectivity index (χ1) is 8.13. The number of aliphatic hydroxyl groups excluding tert-OH is 1. The van der Waals surface area contributed by atoms with Gasteiger partial charge in [-0.25, -0.2) is 0 Å². The Labute approximate surface area is 114 Å².